The Balaban J connectivity index is 3.18. The number of carbonyl (C=O) groups excluding carboxylic acids is 1. The quantitative estimate of drug-likeness (QED) is 0.593. The highest BCUT2D eigenvalue weighted by Crippen LogP contribution is 2.00. The summed E-state index contributed by atoms with van der Waals surface area (Å²) in [4.78, 5) is 11.1. The van der Waals surface area contributed by atoms with Gasteiger partial charge in [-0.3, -0.25) is 4.79 Å². The van der Waals surface area contributed by atoms with E-state index >= 15 is 0 Å². The van der Waals surface area contributed by atoms with E-state index in [9.17, 15) is 4.79 Å². The first-order valence-corrected chi connectivity index (χ1v) is 4.42. The summed E-state index contributed by atoms with van der Waals surface area (Å²) >= 11 is 0. The molecule has 0 radical (unpaired) electrons. The number of rotatable bonds is 6. The average Bonchev–Trinajstić information content (AvgIpc) is 1.97. The van der Waals surface area contributed by atoms with Crippen molar-refractivity contribution in [3.8, 4) is 0 Å². The molecule has 0 aliphatic carbocycles. The van der Waals surface area contributed by atoms with Crippen molar-refractivity contribution in [3.05, 3.63) is 0 Å². The second-order valence-electron chi connectivity index (χ2n) is 3.08. The number of Topliss-reactive ketones (excluding diaryl/α,β-unsaturated/α-hetero) is 1. The minimum atomic E-state index is 0.205. The molecule has 0 bridgehead atoms. The van der Waals surface area contributed by atoms with Crippen LogP contribution in [-0.2, 0) is 4.79 Å². The molecular weight excluding hydrogens is 138 g/mol. The molecular formula is C9H19NO. The normalized spacial score (nSPS) is 10.5. The van der Waals surface area contributed by atoms with Crippen molar-refractivity contribution >= 4 is 5.78 Å². The zero-order valence-electron chi connectivity index (χ0n) is 7.81. The lowest BCUT2D eigenvalue weighted by Gasteiger charge is -2.03. The summed E-state index contributed by atoms with van der Waals surface area (Å²) < 4.78 is 0. The number of hydrogen-bond donors (Lipinski definition) is 1. The topological polar surface area (TPSA) is 29.1 Å². The first-order valence-electron chi connectivity index (χ1n) is 4.42. The van der Waals surface area contributed by atoms with E-state index in [1.54, 1.807) is 0 Å². The molecule has 2 heteroatoms. The van der Waals surface area contributed by atoms with Gasteiger partial charge in [-0.15, -0.1) is 0 Å². The minimum absolute atomic E-state index is 0.205. The highest BCUT2D eigenvalue weighted by Gasteiger charge is 2.05. The van der Waals surface area contributed by atoms with Gasteiger partial charge in [-0.25, -0.2) is 0 Å². The molecule has 2 nitrogen and oxygen atoms in total. The molecule has 0 aromatic carbocycles. The third-order valence-electron chi connectivity index (χ3n) is 1.67. The van der Waals surface area contributed by atoms with Gasteiger partial charge in [-0.1, -0.05) is 20.8 Å². The maximum Gasteiger partial charge on any atom is 0.135 e. The van der Waals surface area contributed by atoms with Gasteiger partial charge in [0.1, 0.15) is 5.78 Å². The fraction of sp³-hybridized carbons (Fsp3) is 0.889. The van der Waals surface area contributed by atoms with Crippen molar-refractivity contribution in [1.29, 1.82) is 0 Å². The second-order valence-corrected chi connectivity index (χ2v) is 3.08. The van der Waals surface area contributed by atoms with E-state index in [-0.39, 0.29) is 5.92 Å². The Morgan fingerprint density at radius 2 is 2.09 bits per heavy atom. The van der Waals surface area contributed by atoms with E-state index in [1.807, 2.05) is 13.8 Å². The van der Waals surface area contributed by atoms with Gasteiger partial charge in [-0.2, -0.15) is 0 Å². The molecule has 0 amide bonds. The van der Waals surface area contributed by atoms with Crippen LogP contribution in [0.15, 0.2) is 0 Å². The van der Waals surface area contributed by atoms with E-state index in [0.29, 0.717) is 5.78 Å². The van der Waals surface area contributed by atoms with E-state index in [4.69, 9.17) is 0 Å². The van der Waals surface area contributed by atoms with Gasteiger partial charge in [0, 0.05) is 12.3 Å². The minimum Gasteiger partial charge on any atom is -0.317 e. The van der Waals surface area contributed by atoms with Gasteiger partial charge in [0.15, 0.2) is 0 Å². The molecule has 0 saturated carbocycles. The standard InChI is InChI=1S/C9H19NO/c1-4-10-7-5-6-9(11)8(2)3/h8,10H,4-7H2,1-3H3. The van der Waals surface area contributed by atoms with E-state index in [0.717, 1.165) is 25.9 Å². The van der Waals surface area contributed by atoms with Crippen LogP contribution in [0.4, 0.5) is 0 Å². The van der Waals surface area contributed by atoms with Crippen LogP contribution in [-0.4, -0.2) is 18.9 Å². The molecule has 1 N–H and O–H groups in total. The van der Waals surface area contributed by atoms with Crippen molar-refractivity contribution in [2.24, 2.45) is 5.92 Å². The van der Waals surface area contributed by atoms with Crippen molar-refractivity contribution in [1.82, 2.24) is 5.32 Å². The summed E-state index contributed by atoms with van der Waals surface area (Å²) in [6.07, 6.45) is 1.70. The molecule has 0 aliphatic heterocycles. The molecule has 0 fully saturated rings. The van der Waals surface area contributed by atoms with Crippen LogP contribution in [0.3, 0.4) is 0 Å². The predicted molar refractivity (Wildman–Crippen MR) is 47.6 cm³/mol. The van der Waals surface area contributed by atoms with Crippen molar-refractivity contribution < 1.29 is 4.79 Å². The molecule has 0 saturated heterocycles. The summed E-state index contributed by atoms with van der Waals surface area (Å²) in [6, 6.07) is 0. The van der Waals surface area contributed by atoms with Gasteiger partial charge in [0.05, 0.1) is 0 Å². The lowest BCUT2D eigenvalue weighted by Crippen LogP contribution is -2.16. The maximum absolute atomic E-state index is 11.1. The van der Waals surface area contributed by atoms with E-state index < -0.39 is 0 Å². The third-order valence-corrected chi connectivity index (χ3v) is 1.67. The van der Waals surface area contributed by atoms with Crippen LogP contribution in [0.2, 0.25) is 0 Å². The van der Waals surface area contributed by atoms with Crippen LogP contribution >= 0.6 is 0 Å². The largest absolute Gasteiger partial charge is 0.317 e. The molecule has 0 spiro atoms. The number of ketones is 1. The van der Waals surface area contributed by atoms with Crippen molar-refractivity contribution in [2.75, 3.05) is 13.1 Å². The molecule has 0 atom stereocenters. The van der Waals surface area contributed by atoms with Crippen LogP contribution in [0, 0.1) is 5.92 Å². The molecule has 0 heterocycles. The van der Waals surface area contributed by atoms with Gasteiger partial charge < -0.3 is 5.32 Å². The van der Waals surface area contributed by atoms with Gasteiger partial charge in [0.25, 0.3) is 0 Å². The van der Waals surface area contributed by atoms with Crippen LogP contribution < -0.4 is 5.32 Å². The third kappa shape index (κ3) is 6.05. The summed E-state index contributed by atoms with van der Waals surface area (Å²) in [5.41, 5.74) is 0. The fourth-order valence-corrected chi connectivity index (χ4v) is 0.853. The lowest BCUT2D eigenvalue weighted by atomic mass is 10.1. The number of nitrogens with one attached hydrogen (secondary N) is 1. The Labute approximate surface area is 69.4 Å². The Hall–Kier alpha value is -0.370. The average molecular weight is 157 g/mol. The highest BCUT2D eigenvalue weighted by atomic mass is 16.1. The second kappa shape index (κ2) is 6.35. The fourth-order valence-electron chi connectivity index (χ4n) is 0.853. The Bertz CT molecular complexity index is 110. The smallest absolute Gasteiger partial charge is 0.135 e. The summed E-state index contributed by atoms with van der Waals surface area (Å²) in [7, 11) is 0. The first kappa shape index (κ1) is 10.6. The number of hydrogen-bond acceptors (Lipinski definition) is 2. The molecule has 11 heavy (non-hydrogen) atoms. The lowest BCUT2D eigenvalue weighted by molar-refractivity contribution is -0.121. The van der Waals surface area contributed by atoms with E-state index in [2.05, 4.69) is 12.2 Å². The van der Waals surface area contributed by atoms with Crippen LogP contribution in [0.1, 0.15) is 33.6 Å². The van der Waals surface area contributed by atoms with E-state index in [1.165, 1.54) is 0 Å². The van der Waals surface area contributed by atoms with Crippen molar-refractivity contribution in [3.63, 3.8) is 0 Å². The number of carbonyl (C=O) groups is 1. The van der Waals surface area contributed by atoms with Gasteiger partial charge in [-0.05, 0) is 19.5 Å². The molecule has 0 aromatic heterocycles. The molecule has 0 unspecified atom stereocenters. The monoisotopic (exact) mass is 157 g/mol. The van der Waals surface area contributed by atoms with Crippen LogP contribution in [0.5, 0.6) is 0 Å². The Morgan fingerprint density at radius 3 is 2.55 bits per heavy atom. The summed E-state index contributed by atoms with van der Waals surface area (Å²) in [5, 5.41) is 3.19. The molecule has 0 rings (SSSR count). The zero-order chi connectivity index (χ0) is 8.69. The van der Waals surface area contributed by atoms with Crippen LogP contribution in [0.25, 0.3) is 0 Å². The zero-order valence-corrected chi connectivity index (χ0v) is 7.81. The highest BCUT2D eigenvalue weighted by molar-refractivity contribution is 5.80. The first-order chi connectivity index (χ1) is 5.18. The van der Waals surface area contributed by atoms with Crippen molar-refractivity contribution in [2.45, 2.75) is 33.6 Å². The predicted octanol–water partition coefficient (Wildman–Crippen LogP) is 1.60. The van der Waals surface area contributed by atoms with Gasteiger partial charge >= 0.3 is 0 Å². The Kier molecular flexibility index (Phi) is 6.13. The Morgan fingerprint density at radius 1 is 1.45 bits per heavy atom. The molecule has 0 aromatic rings. The SMILES string of the molecule is CCNCCCC(=O)C(C)C. The summed E-state index contributed by atoms with van der Waals surface area (Å²) in [6.45, 7) is 7.94. The molecule has 0 aliphatic rings. The summed E-state index contributed by atoms with van der Waals surface area (Å²) in [5.74, 6) is 0.583. The maximum atomic E-state index is 11.1. The molecule has 66 valence electrons. The van der Waals surface area contributed by atoms with Gasteiger partial charge in [0.2, 0.25) is 0 Å².